The van der Waals surface area contributed by atoms with Crippen LogP contribution >= 0.6 is 0 Å². The van der Waals surface area contributed by atoms with Gasteiger partial charge in [0.05, 0.1) is 5.56 Å². The monoisotopic (exact) mass is 363 g/mol. The largest absolute Gasteiger partial charge is 0.487 e. The Morgan fingerprint density at radius 1 is 1.04 bits per heavy atom. The van der Waals surface area contributed by atoms with Crippen molar-refractivity contribution in [2.45, 2.75) is 12.8 Å². The number of oxazole rings is 1. The van der Waals surface area contributed by atoms with Crippen molar-refractivity contribution in [3.8, 4) is 5.75 Å². The molecular weight excluding hydrogens is 350 g/mol. The molecule has 0 aliphatic carbocycles. The first-order valence-electron chi connectivity index (χ1n) is 7.59. The second-order valence-electron chi connectivity index (χ2n) is 5.35. The van der Waals surface area contributed by atoms with Crippen molar-refractivity contribution in [1.82, 2.24) is 4.98 Å². The highest BCUT2D eigenvalue weighted by molar-refractivity contribution is 5.66. The quantitative estimate of drug-likeness (QED) is 0.555. The molecule has 0 saturated carbocycles. The molecule has 3 rings (SSSR count). The predicted octanol–water partition coefficient (Wildman–Crippen LogP) is 5.58. The van der Waals surface area contributed by atoms with Gasteiger partial charge in [0.2, 0.25) is 5.89 Å². The second-order valence-corrected chi connectivity index (χ2v) is 5.35. The van der Waals surface area contributed by atoms with E-state index in [2.05, 4.69) is 4.98 Å². The Bertz CT molecular complexity index is 901. The van der Waals surface area contributed by atoms with Crippen molar-refractivity contribution in [2.75, 3.05) is 0 Å². The van der Waals surface area contributed by atoms with Gasteiger partial charge in [-0.3, -0.25) is 0 Å². The number of ether oxygens (including phenoxy) is 1. The van der Waals surface area contributed by atoms with Crippen LogP contribution in [0.5, 0.6) is 5.75 Å². The SMILES string of the molecule is Fc1cc(C(F)(F)F)ccc1C=Cc1nc(COc2ccccc2)co1. The van der Waals surface area contributed by atoms with E-state index in [-0.39, 0.29) is 18.1 Å². The Balaban J connectivity index is 1.65. The van der Waals surface area contributed by atoms with E-state index in [9.17, 15) is 17.6 Å². The number of halogens is 4. The van der Waals surface area contributed by atoms with Gasteiger partial charge in [-0.05, 0) is 30.3 Å². The van der Waals surface area contributed by atoms with Crippen LogP contribution in [-0.2, 0) is 12.8 Å². The second kappa shape index (κ2) is 7.43. The fourth-order valence-electron chi connectivity index (χ4n) is 2.14. The first-order chi connectivity index (χ1) is 12.4. The molecule has 1 heterocycles. The van der Waals surface area contributed by atoms with Gasteiger partial charge >= 0.3 is 6.18 Å². The molecule has 0 amide bonds. The van der Waals surface area contributed by atoms with Crippen LogP contribution in [0.25, 0.3) is 12.2 Å². The Kier molecular flexibility index (Phi) is 5.06. The van der Waals surface area contributed by atoms with Crippen molar-refractivity contribution < 1.29 is 26.7 Å². The maximum Gasteiger partial charge on any atom is 0.416 e. The Morgan fingerprint density at radius 3 is 2.50 bits per heavy atom. The number of aromatic nitrogens is 1. The molecule has 0 unspecified atom stereocenters. The van der Waals surface area contributed by atoms with E-state index in [1.54, 1.807) is 12.1 Å². The first kappa shape index (κ1) is 17.7. The Labute approximate surface area is 146 Å². The molecule has 3 aromatic rings. The van der Waals surface area contributed by atoms with E-state index < -0.39 is 17.6 Å². The molecule has 26 heavy (non-hydrogen) atoms. The molecule has 0 atom stereocenters. The summed E-state index contributed by atoms with van der Waals surface area (Å²) in [7, 11) is 0. The fourth-order valence-corrected chi connectivity index (χ4v) is 2.14. The normalized spacial score (nSPS) is 11.8. The van der Waals surface area contributed by atoms with Gasteiger partial charge in [0.1, 0.15) is 30.1 Å². The summed E-state index contributed by atoms with van der Waals surface area (Å²) in [4.78, 5) is 4.15. The average Bonchev–Trinajstić information content (AvgIpc) is 3.07. The summed E-state index contributed by atoms with van der Waals surface area (Å²) in [6.45, 7) is 0.190. The molecule has 7 heteroatoms. The van der Waals surface area contributed by atoms with Crippen molar-refractivity contribution in [1.29, 1.82) is 0 Å². The van der Waals surface area contributed by atoms with Crippen LogP contribution in [0, 0.1) is 5.82 Å². The lowest BCUT2D eigenvalue weighted by Crippen LogP contribution is -2.05. The molecule has 1 aromatic heterocycles. The summed E-state index contributed by atoms with van der Waals surface area (Å²) in [5, 5.41) is 0. The lowest BCUT2D eigenvalue weighted by molar-refractivity contribution is -0.137. The fraction of sp³-hybridized carbons (Fsp3) is 0.105. The molecule has 0 spiro atoms. The van der Waals surface area contributed by atoms with Crippen LogP contribution in [-0.4, -0.2) is 4.98 Å². The minimum atomic E-state index is -4.58. The van der Waals surface area contributed by atoms with Gasteiger partial charge in [0, 0.05) is 11.6 Å². The molecule has 0 saturated heterocycles. The molecule has 0 bridgehead atoms. The van der Waals surface area contributed by atoms with Crippen LogP contribution in [0.4, 0.5) is 17.6 Å². The Morgan fingerprint density at radius 2 is 1.81 bits per heavy atom. The smallest absolute Gasteiger partial charge is 0.416 e. The number of benzene rings is 2. The van der Waals surface area contributed by atoms with Gasteiger partial charge in [-0.2, -0.15) is 13.2 Å². The topological polar surface area (TPSA) is 35.3 Å². The number of hydrogen-bond donors (Lipinski definition) is 0. The maximum atomic E-state index is 13.8. The molecular formula is C19H13F4NO2. The van der Waals surface area contributed by atoms with Crippen molar-refractivity contribution >= 4 is 12.2 Å². The van der Waals surface area contributed by atoms with E-state index >= 15 is 0 Å². The van der Waals surface area contributed by atoms with Crippen LogP contribution in [0.2, 0.25) is 0 Å². The third-order valence-electron chi connectivity index (χ3n) is 3.43. The zero-order valence-corrected chi connectivity index (χ0v) is 13.3. The molecule has 134 valence electrons. The minimum Gasteiger partial charge on any atom is -0.487 e. The standard InChI is InChI=1S/C19H13F4NO2/c20-17-10-14(19(21,22)23)8-6-13(17)7-9-18-24-15(12-26-18)11-25-16-4-2-1-3-5-16/h1-10,12H,11H2. The van der Waals surface area contributed by atoms with E-state index in [1.807, 2.05) is 18.2 Å². The molecule has 0 fully saturated rings. The predicted molar refractivity (Wildman–Crippen MR) is 87.6 cm³/mol. The van der Waals surface area contributed by atoms with Gasteiger partial charge in [-0.1, -0.05) is 24.3 Å². The molecule has 2 aromatic carbocycles. The van der Waals surface area contributed by atoms with E-state index in [0.717, 1.165) is 12.1 Å². The highest BCUT2D eigenvalue weighted by atomic mass is 19.4. The zero-order chi connectivity index (χ0) is 18.6. The van der Waals surface area contributed by atoms with Crippen LogP contribution in [0.1, 0.15) is 22.7 Å². The minimum absolute atomic E-state index is 0.00159. The Hall–Kier alpha value is -3.09. The highest BCUT2D eigenvalue weighted by Gasteiger charge is 2.30. The maximum absolute atomic E-state index is 13.8. The third kappa shape index (κ3) is 4.50. The van der Waals surface area contributed by atoms with E-state index in [4.69, 9.17) is 9.15 Å². The average molecular weight is 363 g/mol. The van der Waals surface area contributed by atoms with Gasteiger partial charge in [-0.25, -0.2) is 9.37 Å². The van der Waals surface area contributed by atoms with Crippen LogP contribution < -0.4 is 4.74 Å². The summed E-state index contributed by atoms with van der Waals surface area (Å²) in [6, 6.07) is 11.5. The van der Waals surface area contributed by atoms with Crippen molar-refractivity contribution in [2.24, 2.45) is 0 Å². The number of alkyl halides is 3. The molecule has 0 radical (unpaired) electrons. The molecule has 0 aliphatic rings. The van der Waals surface area contributed by atoms with Gasteiger partial charge in [0.15, 0.2) is 0 Å². The van der Waals surface area contributed by atoms with Crippen molar-refractivity contribution in [3.05, 3.63) is 83.3 Å². The summed E-state index contributed by atoms with van der Waals surface area (Å²) in [5.41, 5.74) is -0.511. The molecule has 0 N–H and O–H groups in total. The lowest BCUT2D eigenvalue weighted by atomic mass is 10.1. The lowest BCUT2D eigenvalue weighted by Gasteiger charge is -2.07. The van der Waals surface area contributed by atoms with E-state index in [0.29, 0.717) is 17.5 Å². The number of hydrogen-bond acceptors (Lipinski definition) is 3. The number of para-hydroxylation sites is 1. The first-order valence-corrected chi connectivity index (χ1v) is 7.59. The molecule has 0 aliphatic heterocycles. The highest BCUT2D eigenvalue weighted by Crippen LogP contribution is 2.30. The summed E-state index contributed by atoms with van der Waals surface area (Å²) < 4.78 is 62.1. The van der Waals surface area contributed by atoms with E-state index in [1.165, 1.54) is 18.4 Å². The summed E-state index contributed by atoms with van der Waals surface area (Å²) in [5.74, 6) is -0.106. The van der Waals surface area contributed by atoms with Crippen LogP contribution in [0.15, 0.2) is 59.2 Å². The summed E-state index contributed by atoms with van der Waals surface area (Å²) in [6.07, 6.45) is -0.522. The number of nitrogens with zero attached hydrogens (tertiary/aromatic N) is 1. The van der Waals surface area contributed by atoms with Gasteiger partial charge in [-0.15, -0.1) is 0 Å². The van der Waals surface area contributed by atoms with Gasteiger partial charge < -0.3 is 9.15 Å². The zero-order valence-electron chi connectivity index (χ0n) is 13.3. The van der Waals surface area contributed by atoms with Crippen molar-refractivity contribution in [3.63, 3.8) is 0 Å². The van der Waals surface area contributed by atoms with Crippen LogP contribution in [0.3, 0.4) is 0 Å². The number of rotatable bonds is 5. The van der Waals surface area contributed by atoms with Gasteiger partial charge in [0.25, 0.3) is 0 Å². The molecule has 3 nitrogen and oxygen atoms in total. The third-order valence-corrected chi connectivity index (χ3v) is 3.43. The summed E-state index contributed by atoms with van der Waals surface area (Å²) >= 11 is 0.